The van der Waals surface area contributed by atoms with E-state index in [-0.39, 0.29) is 6.16 Å². The number of phenols is 1. The molecule has 1 aliphatic carbocycles. The summed E-state index contributed by atoms with van der Waals surface area (Å²) in [6.07, 6.45) is 2.82. The lowest BCUT2D eigenvalue weighted by Crippen LogP contribution is -2.19. The maximum atomic E-state index is 11.5. The first-order valence-electron chi connectivity index (χ1n) is 10.3. The molecule has 0 aliphatic heterocycles. The number of aliphatic hydroxyl groups is 1. The van der Waals surface area contributed by atoms with Gasteiger partial charge in [0.2, 0.25) is 7.37 Å². The summed E-state index contributed by atoms with van der Waals surface area (Å²) < 4.78 is 22.8. The predicted molar refractivity (Wildman–Crippen MR) is 117 cm³/mol. The van der Waals surface area contributed by atoms with E-state index in [1.54, 1.807) is 37.4 Å². The lowest BCUT2D eigenvalue weighted by molar-refractivity contribution is 0.191. The van der Waals surface area contributed by atoms with E-state index in [0.717, 1.165) is 37.0 Å². The van der Waals surface area contributed by atoms with Gasteiger partial charge in [0.05, 0.1) is 26.0 Å². The molecular formula is C23H31O6P. The van der Waals surface area contributed by atoms with E-state index < -0.39 is 13.5 Å². The lowest BCUT2D eigenvalue weighted by atomic mass is 9.78. The molecule has 1 aliphatic rings. The van der Waals surface area contributed by atoms with Gasteiger partial charge in [0.15, 0.2) is 0 Å². The fourth-order valence-electron chi connectivity index (χ4n) is 4.08. The van der Waals surface area contributed by atoms with Crippen molar-refractivity contribution in [1.29, 1.82) is 0 Å². The van der Waals surface area contributed by atoms with E-state index >= 15 is 0 Å². The molecule has 30 heavy (non-hydrogen) atoms. The van der Waals surface area contributed by atoms with E-state index in [9.17, 15) is 19.7 Å². The number of ether oxygens (including phenoxy) is 2. The summed E-state index contributed by atoms with van der Waals surface area (Å²) in [4.78, 5) is 9.48. The highest BCUT2D eigenvalue weighted by Gasteiger charge is 2.25. The molecule has 0 bridgehead atoms. The topological polar surface area (TPSA) is 96.2 Å². The fraction of sp³-hybridized carbons (Fsp3) is 0.478. The molecule has 0 radical (unpaired) electrons. The average Bonchev–Trinajstić information content (AvgIpc) is 2.72. The Morgan fingerprint density at radius 1 is 1.10 bits per heavy atom. The molecule has 2 atom stereocenters. The van der Waals surface area contributed by atoms with Crippen LogP contribution in [0.25, 0.3) is 0 Å². The third kappa shape index (κ3) is 6.24. The minimum atomic E-state index is -3.30. The zero-order chi connectivity index (χ0) is 21.7. The second-order valence-corrected chi connectivity index (χ2v) is 10.7. The van der Waals surface area contributed by atoms with Gasteiger partial charge < -0.3 is 24.6 Å². The molecule has 6 nitrogen and oxygen atoms in total. The Balaban J connectivity index is 1.53. The molecule has 0 heterocycles. The third-order valence-corrected chi connectivity index (χ3v) is 6.78. The van der Waals surface area contributed by atoms with Crippen LogP contribution in [0.5, 0.6) is 17.2 Å². The quantitative estimate of drug-likeness (QED) is 0.522. The van der Waals surface area contributed by atoms with Crippen molar-refractivity contribution in [2.45, 2.75) is 37.7 Å². The van der Waals surface area contributed by atoms with E-state index in [1.165, 1.54) is 6.66 Å². The summed E-state index contributed by atoms with van der Waals surface area (Å²) in [5.74, 6) is 2.48. The van der Waals surface area contributed by atoms with Crippen LogP contribution in [0.2, 0.25) is 0 Å². The van der Waals surface area contributed by atoms with Gasteiger partial charge in [0.1, 0.15) is 17.2 Å². The van der Waals surface area contributed by atoms with Gasteiger partial charge in [-0.3, -0.25) is 4.57 Å². The lowest BCUT2D eigenvalue weighted by Gasteiger charge is -2.29. The summed E-state index contributed by atoms with van der Waals surface area (Å²) >= 11 is 0. The molecule has 0 spiro atoms. The molecule has 3 rings (SSSR count). The molecule has 3 N–H and O–H groups in total. The van der Waals surface area contributed by atoms with Crippen molar-refractivity contribution < 1.29 is 29.1 Å². The smallest absolute Gasteiger partial charge is 0.200 e. The largest absolute Gasteiger partial charge is 0.508 e. The van der Waals surface area contributed by atoms with Crippen molar-refractivity contribution in [3.63, 3.8) is 0 Å². The maximum absolute atomic E-state index is 11.5. The molecular weight excluding hydrogens is 403 g/mol. The number of methoxy groups -OCH3 is 1. The van der Waals surface area contributed by atoms with Crippen molar-refractivity contribution in [3.8, 4) is 17.2 Å². The Kier molecular flexibility index (Phi) is 7.45. The van der Waals surface area contributed by atoms with Crippen LogP contribution in [-0.4, -0.2) is 41.6 Å². The van der Waals surface area contributed by atoms with Crippen LogP contribution in [0, 0.1) is 5.92 Å². The number of hydrogen-bond donors (Lipinski definition) is 3. The normalized spacial score (nSPS) is 22.1. The van der Waals surface area contributed by atoms with Gasteiger partial charge in [-0.15, -0.1) is 0 Å². The van der Waals surface area contributed by atoms with Crippen molar-refractivity contribution in [1.82, 2.24) is 0 Å². The van der Waals surface area contributed by atoms with E-state index in [2.05, 4.69) is 0 Å². The van der Waals surface area contributed by atoms with Crippen molar-refractivity contribution in [2.24, 2.45) is 5.92 Å². The molecule has 1 fully saturated rings. The van der Waals surface area contributed by atoms with Crippen molar-refractivity contribution >= 4 is 7.37 Å². The number of phenolic OH excluding ortho intramolecular Hbond substituents is 1. The molecule has 1 unspecified atom stereocenters. The zero-order valence-electron chi connectivity index (χ0n) is 17.5. The second-order valence-electron chi connectivity index (χ2n) is 8.28. The molecule has 0 aromatic heterocycles. The summed E-state index contributed by atoms with van der Waals surface area (Å²) in [6, 6.07) is 12.5. The number of hydrogen-bond acceptors (Lipinski definition) is 5. The highest BCUT2D eigenvalue weighted by molar-refractivity contribution is 7.57. The minimum absolute atomic E-state index is 0.169. The average molecular weight is 434 g/mol. The van der Waals surface area contributed by atoms with Crippen LogP contribution in [0.4, 0.5) is 0 Å². The van der Waals surface area contributed by atoms with Crippen molar-refractivity contribution in [2.75, 3.05) is 26.5 Å². The van der Waals surface area contributed by atoms with E-state index in [1.807, 2.05) is 12.1 Å². The summed E-state index contributed by atoms with van der Waals surface area (Å²) in [6.45, 7) is 1.83. The van der Waals surface area contributed by atoms with E-state index in [4.69, 9.17) is 9.47 Å². The minimum Gasteiger partial charge on any atom is -0.508 e. The Morgan fingerprint density at radius 3 is 2.50 bits per heavy atom. The van der Waals surface area contributed by atoms with Crippen LogP contribution < -0.4 is 9.47 Å². The van der Waals surface area contributed by atoms with Crippen LogP contribution >= 0.6 is 7.37 Å². The number of rotatable bonds is 8. The van der Waals surface area contributed by atoms with Crippen LogP contribution in [0.3, 0.4) is 0 Å². The highest BCUT2D eigenvalue weighted by Crippen LogP contribution is 2.41. The van der Waals surface area contributed by atoms with Gasteiger partial charge in [0, 0.05) is 12.2 Å². The number of aromatic hydroxyl groups is 1. The molecule has 0 saturated heterocycles. The Labute approximate surface area is 177 Å². The second kappa shape index (κ2) is 9.86. The predicted octanol–water partition coefficient (Wildman–Crippen LogP) is 4.69. The Morgan fingerprint density at radius 2 is 1.83 bits per heavy atom. The van der Waals surface area contributed by atoms with Crippen molar-refractivity contribution in [3.05, 3.63) is 53.6 Å². The molecule has 0 amide bonds. The van der Waals surface area contributed by atoms with Gasteiger partial charge >= 0.3 is 0 Å². The van der Waals surface area contributed by atoms with Gasteiger partial charge in [-0.25, -0.2) is 0 Å². The highest BCUT2D eigenvalue weighted by atomic mass is 31.2. The zero-order valence-corrected chi connectivity index (χ0v) is 18.4. The first-order chi connectivity index (χ1) is 14.2. The summed E-state index contributed by atoms with van der Waals surface area (Å²) in [5.41, 5.74) is 1.54. The first kappa shape index (κ1) is 22.7. The monoisotopic (exact) mass is 434 g/mol. The molecule has 2 aromatic rings. The third-order valence-electron chi connectivity index (χ3n) is 5.76. The fourth-order valence-corrected chi connectivity index (χ4v) is 4.93. The first-order valence-corrected chi connectivity index (χ1v) is 12.6. The summed E-state index contributed by atoms with van der Waals surface area (Å²) in [5, 5.41) is 20.4. The van der Waals surface area contributed by atoms with Crippen LogP contribution in [0.15, 0.2) is 42.5 Å². The van der Waals surface area contributed by atoms with Crippen LogP contribution in [-0.2, 0) is 4.57 Å². The maximum Gasteiger partial charge on any atom is 0.200 e. The van der Waals surface area contributed by atoms with E-state index in [0.29, 0.717) is 35.5 Å². The molecule has 1 saturated carbocycles. The standard InChI is InChI=1S/C23H31O6P/c1-28-19-10-11-22(24)21(13-19)17-8-6-16(7-9-17)14-29-20-5-3-4-18(12-20)23(25)15-30(2,26)27/h3-5,10-13,16-17,23-25H,6-9,14-15H2,1-2H3,(H,26,27)/t16?,17?,23-/m1/s1. The van der Waals surface area contributed by atoms with Gasteiger partial charge in [-0.2, -0.15) is 0 Å². The molecule has 164 valence electrons. The summed E-state index contributed by atoms with van der Waals surface area (Å²) in [7, 11) is -1.67. The number of aliphatic hydroxyl groups excluding tert-OH is 1. The number of benzene rings is 2. The SMILES string of the molecule is COc1ccc(O)c(C2CCC(COc3cccc([C@H](O)CP(C)(=O)O)c3)CC2)c1. The Bertz CT molecular complexity index is 885. The van der Waals surface area contributed by atoms with Gasteiger partial charge in [-0.05, 0) is 73.4 Å². The molecule has 2 aromatic carbocycles. The van der Waals surface area contributed by atoms with Gasteiger partial charge in [0.25, 0.3) is 0 Å². The van der Waals surface area contributed by atoms with Crippen LogP contribution in [0.1, 0.15) is 48.8 Å². The van der Waals surface area contributed by atoms with Gasteiger partial charge in [-0.1, -0.05) is 12.1 Å². The molecule has 7 heteroatoms. The Hall–Kier alpha value is -2.01.